The van der Waals surface area contributed by atoms with Crippen LogP contribution in [0.25, 0.3) is 0 Å². The van der Waals surface area contributed by atoms with Gasteiger partial charge >= 0.3 is 0 Å². The van der Waals surface area contributed by atoms with E-state index in [0.29, 0.717) is 0 Å². The van der Waals surface area contributed by atoms with Crippen LogP contribution in [0.15, 0.2) is 5.51 Å². The van der Waals surface area contributed by atoms with Crippen molar-refractivity contribution in [1.82, 2.24) is 10.2 Å². The van der Waals surface area contributed by atoms with Gasteiger partial charge in [0.15, 0.2) is 0 Å². The van der Waals surface area contributed by atoms with Crippen molar-refractivity contribution in [3.8, 4) is 12.3 Å². The molecule has 0 aliphatic carbocycles. The van der Waals surface area contributed by atoms with Crippen molar-refractivity contribution in [2.45, 2.75) is 12.8 Å². The third-order valence-electron chi connectivity index (χ3n) is 1.13. The number of hydrogen-bond donors (Lipinski definition) is 1. The lowest BCUT2D eigenvalue weighted by Crippen LogP contribution is -2.00. The Morgan fingerprint density at radius 1 is 1.73 bits per heavy atom. The highest BCUT2D eigenvalue weighted by Gasteiger charge is 1.91. The average molecular weight is 167 g/mol. The molecule has 0 aliphatic rings. The molecule has 0 atom stereocenters. The Balaban J connectivity index is 2.10. The van der Waals surface area contributed by atoms with Crippen molar-refractivity contribution in [3.63, 3.8) is 0 Å². The highest BCUT2D eigenvalue weighted by molar-refractivity contribution is 7.13. The predicted octanol–water partition coefficient (Wildman–Crippen LogP) is 1.36. The maximum atomic E-state index is 5.08. The molecular weight excluding hydrogens is 158 g/mol. The Kier molecular flexibility index (Phi) is 3.42. The SMILES string of the molecule is C#CCCCNc1nncs1. The molecule has 11 heavy (non-hydrogen) atoms. The minimum Gasteiger partial charge on any atom is -0.360 e. The molecule has 58 valence electrons. The quantitative estimate of drug-likeness (QED) is 0.543. The molecule has 1 aromatic heterocycles. The standard InChI is InChI=1S/C7H9N3S/c1-2-3-4-5-8-7-10-9-6-11-7/h1,6H,3-5H2,(H,8,10). The fourth-order valence-electron chi connectivity index (χ4n) is 0.636. The smallest absolute Gasteiger partial charge is 0.205 e. The van der Waals surface area contributed by atoms with Crippen LogP contribution < -0.4 is 5.32 Å². The van der Waals surface area contributed by atoms with E-state index in [2.05, 4.69) is 21.4 Å². The van der Waals surface area contributed by atoms with Crippen LogP contribution in [0.1, 0.15) is 12.8 Å². The van der Waals surface area contributed by atoms with Gasteiger partial charge in [0.05, 0.1) is 0 Å². The summed E-state index contributed by atoms with van der Waals surface area (Å²) in [6, 6.07) is 0. The number of rotatable bonds is 4. The number of hydrogen-bond acceptors (Lipinski definition) is 4. The summed E-state index contributed by atoms with van der Waals surface area (Å²) >= 11 is 1.50. The minimum atomic E-state index is 0.811. The number of anilines is 1. The van der Waals surface area contributed by atoms with Crippen LogP contribution in [0.4, 0.5) is 5.13 Å². The summed E-state index contributed by atoms with van der Waals surface area (Å²) in [5, 5.41) is 11.5. The van der Waals surface area contributed by atoms with Gasteiger partial charge in [0.1, 0.15) is 5.51 Å². The van der Waals surface area contributed by atoms with E-state index < -0.39 is 0 Å². The Morgan fingerprint density at radius 3 is 3.27 bits per heavy atom. The second-order valence-electron chi connectivity index (χ2n) is 1.98. The first-order chi connectivity index (χ1) is 5.43. The van der Waals surface area contributed by atoms with Crippen LogP contribution in [-0.4, -0.2) is 16.7 Å². The first-order valence-electron chi connectivity index (χ1n) is 3.37. The molecule has 0 aliphatic heterocycles. The average Bonchev–Trinajstić information content (AvgIpc) is 2.50. The van der Waals surface area contributed by atoms with Gasteiger partial charge in [0.2, 0.25) is 5.13 Å². The van der Waals surface area contributed by atoms with Crippen molar-refractivity contribution in [1.29, 1.82) is 0 Å². The Hall–Kier alpha value is -1.08. The zero-order valence-corrected chi connectivity index (χ0v) is 6.90. The summed E-state index contributed by atoms with van der Waals surface area (Å²) in [4.78, 5) is 0. The van der Waals surface area contributed by atoms with E-state index in [1.807, 2.05) is 0 Å². The van der Waals surface area contributed by atoms with E-state index in [-0.39, 0.29) is 0 Å². The Bertz CT molecular complexity index is 224. The molecule has 0 bridgehead atoms. The molecule has 1 N–H and O–H groups in total. The summed E-state index contributed by atoms with van der Waals surface area (Å²) in [7, 11) is 0. The minimum absolute atomic E-state index is 0.811. The summed E-state index contributed by atoms with van der Waals surface area (Å²) < 4.78 is 0. The topological polar surface area (TPSA) is 37.8 Å². The van der Waals surface area contributed by atoms with Crippen molar-refractivity contribution in [3.05, 3.63) is 5.51 Å². The largest absolute Gasteiger partial charge is 0.360 e. The third kappa shape index (κ3) is 3.01. The van der Waals surface area contributed by atoms with E-state index >= 15 is 0 Å². The lowest BCUT2D eigenvalue weighted by Gasteiger charge is -1.96. The van der Waals surface area contributed by atoms with Crippen molar-refractivity contribution >= 4 is 16.5 Å². The first-order valence-corrected chi connectivity index (χ1v) is 4.25. The highest BCUT2D eigenvalue weighted by atomic mass is 32.1. The van der Waals surface area contributed by atoms with Crippen LogP contribution in [0.3, 0.4) is 0 Å². The fraction of sp³-hybridized carbons (Fsp3) is 0.429. The number of nitrogens with one attached hydrogen (secondary N) is 1. The second-order valence-corrected chi connectivity index (χ2v) is 2.81. The van der Waals surface area contributed by atoms with Crippen molar-refractivity contribution in [2.24, 2.45) is 0 Å². The third-order valence-corrected chi connectivity index (χ3v) is 1.78. The van der Waals surface area contributed by atoms with Gasteiger partial charge in [0, 0.05) is 13.0 Å². The van der Waals surface area contributed by atoms with Gasteiger partial charge in [-0.2, -0.15) is 0 Å². The molecule has 0 aromatic carbocycles. The molecule has 0 unspecified atom stereocenters. The van der Waals surface area contributed by atoms with Crippen molar-refractivity contribution < 1.29 is 0 Å². The Morgan fingerprint density at radius 2 is 2.64 bits per heavy atom. The monoisotopic (exact) mass is 167 g/mol. The highest BCUT2D eigenvalue weighted by Crippen LogP contribution is 2.07. The molecular formula is C7H9N3S. The zero-order chi connectivity index (χ0) is 7.94. The molecule has 0 saturated carbocycles. The van der Waals surface area contributed by atoms with Crippen LogP contribution >= 0.6 is 11.3 Å². The van der Waals surface area contributed by atoms with Gasteiger partial charge in [-0.25, -0.2) is 0 Å². The van der Waals surface area contributed by atoms with Gasteiger partial charge in [-0.3, -0.25) is 0 Å². The first kappa shape index (κ1) is 8.02. The molecule has 4 heteroatoms. The molecule has 3 nitrogen and oxygen atoms in total. The van der Waals surface area contributed by atoms with Gasteiger partial charge in [-0.15, -0.1) is 22.5 Å². The van der Waals surface area contributed by atoms with Gasteiger partial charge in [-0.05, 0) is 6.42 Å². The summed E-state index contributed by atoms with van der Waals surface area (Å²) in [6.07, 6.45) is 6.88. The van der Waals surface area contributed by atoms with E-state index in [9.17, 15) is 0 Å². The summed E-state index contributed by atoms with van der Waals surface area (Å²) in [5.41, 5.74) is 1.70. The normalized spacial score (nSPS) is 9.00. The van der Waals surface area contributed by atoms with E-state index in [1.165, 1.54) is 11.3 Å². The van der Waals surface area contributed by atoms with E-state index in [4.69, 9.17) is 6.42 Å². The van der Waals surface area contributed by atoms with Crippen LogP contribution in [0.5, 0.6) is 0 Å². The number of nitrogens with zero attached hydrogens (tertiary/aromatic N) is 2. The molecule has 1 heterocycles. The second kappa shape index (κ2) is 4.69. The number of unbranched alkanes of at least 4 members (excludes halogenated alkanes) is 1. The maximum Gasteiger partial charge on any atom is 0.205 e. The van der Waals surface area contributed by atoms with Crippen LogP contribution in [0, 0.1) is 12.3 Å². The number of terminal acetylenes is 1. The van der Waals surface area contributed by atoms with Crippen LogP contribution in [-0.2, 0) is 0 Å². The molecule has 1 rings (SSSR count). The van der Waals surface area contributed by atoms with E-state index in [0.717, 1.165) is 24.5 Å². The molecule has 0 spiro atoms. The molecule has 0 fully saturated rings. The lowest BCUT2D eigenvalue weighted by molar-refractivity contribution is 0.900. The van der Waals surface area contributed by atoms with E-state index in [1.54, 1.807) is 5.51 Å². The zero-order valence-electron chi connectivity index (χ0n) is 6.08. The van der Waals surface area contributed by atoms with Gasteiger partial charge in [-0.1, -0.05) is 11.3 Å². The number of aromatic nitrogens is 2. The van der Waals surface area contributed by atoms with Gasteiger partial charge < -0.3 is 5.32 Å². The van der Waals surface area contributed by atoms with Crippen molar-refractivity contribution in [2.75, 3.05) is 11.9 Å². The predicted molar refractivity (Wildman–Crippen MR) is 46.5 cm³/mol. The summed E-state index contributed by atoms with van der Waals surface area (Å²) in [6.45, 7) is 0.874. The van der Waals surface area contributed by atoms with Crippen LogP contribution in [0.2, 0.25) is 0 Å². The molecule has 0 saturated heterocycles. The lowest BCUT2D eigenvalue weighted by atomic mass is 10.3. The fourth-order valence-corrected chi connectivity index (χ4v) is 1.11. The maximum absolute atomic E-state index is 5.08. The Labute approximate surface area is 69.9 Å². The molecule has 0 amide bonds. The molecule has 1 aromatic rings. The summed E-state index contributed by atoms with van der Waals surface area (Å²) in [5.74, 6) is 2.58. The molecule has 0 radical (unpaired) electrons. The van der Waals surface area contributed by atoms with Gasteiger partial charge in [0.25, 0.3) is 0 Å².